The van der Waals surface area contributed by atoms with Gasteiger partial charge in [-0.3, -0.25) is 14.2 Å². The number of nitrogens with zero attached hydrogens (tertiary/aromatic N) is 2. The molecule has 1 saturated heterocycles. The molecule has 7 atom stereocenters. The Morgan fingerprint density at radius 3 is 2.51 bits per heavy atom. The Kier molecular flexibility index (Phi) is 9.98. The van der Waals surface area contributed by atoms with Crippen molar-refractivity contribution in [3.63, 3.8) is 0 Å². The number of hydrogen-bond donors (Lipinski definition) is 4. The molecule has 3 amide bonds. The highest BCUT2D eigenvalue weighted by Gasteiger charge is 2.67. The Morgan fingerprint density at radius 2 is 1.84 bits per heavy atom. The lowest BCUT2D eigenvalue weighted by atomic mass is 9.45. The van der Waals surface area contributed by atoms with Gasteiger partial charge in [0.05, 0.1) is 41.6 Å². The van der Waals surface area contributed by atoms with Crippen molar-refractivity contribution in [3.05, 3.63) is 82.0 Å². The van der Waals surface area contributed by atoms with Gasteiger partial charge >= 0.3 is 19.3 Å². The van der Waals surface area contributed by atoms with E-state index < -0.39 is 59.5 Å². The molecule has 2 bridgehead atoms. The number of carbonyl (C=O) groups excluding carboxylic acids is 2. The van der Waals surface area contributed by atoms with Crippen LogP contribution in [-0.4, -0.2) is 52.9 Å². The van der Waals surface area contributed by atoms with Crippen molar-refractivity contribution in [1.29, 1.82) is 0 Å². The molecule has 294 valence electrons. The van der Waals surface area contributed by atoms with Crippen molar-refractivity contribution in [1.82, 2.24) is 20.2 Å². The van der Waals surface area contributed by atoms with Crippen molar-refractivity contribution in [2.45, 2.75) is 109 Å². The predicted molar refractivity (Wildman–Crippen MR) is 200 cm³/mol. The molecule has 3 heterocycles. The van der Waals surface area contributed by atoms with Crippen LogP contribution in [0.15, 0.2) is 59.5 Å². The molecule has 16 heteroatoms. The maximum absolute atomic E-state index is 14.4. The topological polar surface area (TPSA) is 145 Å². The Morgan fingerprint density at radius 1 is 1.09 bits per heavy atom. The molecule has 2 aliphatic heterocycles. The van der Waals surface area contributed by atoms with E-state index in [1.807, 2.05) is 13.8 Å². The second-order valence-corrected chi connectivity index (χ2v) is 16.3. The molecule has 3 aliphatic carbocycles. The Bertz CT molecular complexity index is 2010. The monoisotopic (exact) mass is 764 g/mol. The van der Waals surface area contributed by atoms with Crippen LogP contribution in [0.4, 0.5) is 29.3 Å². The van der Waals surface area contributed by atoms with Crippen LogP contribution in [0.2, 0.25) is 0 Å². The first-order valence-corrected chi connectivity index (χ1v) is 18.9. The van der Waals surface area contributed by atoms with Gasteiger partial charge in [-0.25, -0.2) is 9.78 Å². The van der Waals surface area contributed by atoms with Gasteiger partial charge in [0.1, 0.15) is 23.3 Å². The molecule has 3 aromatic rings. The van der Waals surface area contributed by atoms with Gasteiger partial charge in [0.15, 0.2) is 0 Å². The average molecular weight is 765 g/mol. The fraction of sp³-hybridized carbons (Fsp3) is 0.538. The summed E-state index contributed by atoms with van der Waals surface area (Å²) in [5, 5.41) is 11.7. The fourth-order valence-electron chi connectivity index (χ4n) is 9.00. The molecule has 1 aromatic heterocycles. The molecule has 4 N–H and O–H groups in total. The van der Waals surface area contributed by atoms with Crippen molar-refractivity contribution < 1.29 is 36.8 Å². The quantitative estimate of drug-likeness (QED) is 0.164. The zero-order chi connectivity index (χ0) is 39.5. The van der Waals surface area contributed by atoms with Gasteiger partial charge in [-0.15, -0.1) is 0 Å². The molecule has 0 spiro atoms. The van der Waals surface area contributed by atoms with Crippen LogP contribution in [-0.2, 0) is 32.4 Å². The number of anilines is 2. The average Bonchev–Trinajstić information content (AvgIpc) is 3.65. The van der Waals surface area contributed by atoms with Gasteiger partial charge in [-0.2, -0.15) is 13.2 Å². The van der Waals surface area contributed by atoms with Crippen molar-refractivity contribution in [2.75, 3.05) is 17.2 Å². The van der Waals surface area contributed by atoms with E-state index in [9.17, 15) is 27.6 Å². The summed E-state index contributed by atoms with van der Waals surface area (Å²) < 4.78 is 60.0. The highest BCUT2D eigenvalue weighted by Crippen LogP contribution is 2.64. The second-order valence-electron chi connectivity index (χ2n) is 16.3. The number of ether oxygens (including phenoxy) is 1. The number of benzene rings is 2. The smallest absolute Gasteiger partial charge is 0.481 e. The molecular weight excluding hydrogens is 716 g/mol. The van der Waals surface area contributed by atoms with Crippen molar-refractivity contribution >= 4 is 30.4 Å². The number of amides is 3. The third-order valence-electron chi connectivity index (χ3n) is 12.2. The molecule has 2 aromatic carbocycles. The van der Waals surface area contributed by atoms with Crippen molar-refractivity contribution in [2.24, 2.45) is 17.3 Å². The largest absolute Gasteiger partial charge is 0.494 e. The molecule has 4 fully saturated rings. The first-order valence-electron chi connectivity index (χ1n) is 18.9. The van der Waals surface area contributed by atoms with Crippen LogP contribution in [0, 0.1) is 17.3 Å². The van der Waals surface area contributed by atoms with Gasteiger partial charge in [-0.1, -0.05) is 32.9 Å². The number of fused-ring (bicyclic) bond motifs is 1. The maximum Gasteiger partial charge on any atom is 0.481 e. The summed E-state index contributed by atoms with van der Waals surface area (Å²) in [6.07, 6.45) is -0.927. The highest BCUT2D eigenvalue weighted by atomic mass is 19.4. The lowest BCUT2D eigenvalue weighted by Crippen LogP contribution is -2.63. The first-order chi connectivity index (χ1) is 26.0. The lowest BCUT2D eigenvalue weighted by molar-refractivity contribution is -0.185. The summed E-state index contributed by atoms with van der Waals surface area (Å²) in [4.78, 5) is 46.5. The minimum Gasteiger partial charge on any atom is -0.494 e. The standard InChI is InChI=1S/C39H48BF3N6O6/c1-7-30(40-54-31-27-17-24(36(27,3)4)18-38(31,6)55-40)47-32(50)29-19-37(5,48-35(52)46-25-12-14-26(15-13-25)53-8-2)34-45-21-28(33(51)49(29)34)44-20-22-10-9-11-23(16-22)39(41,42)43/h9-16,21,24,27,29-31,44H,7-8,17-20H2,1-6H3,(H,47,50)(H2,46,48,52)/t24?,27?,29-,30-,31+,37+,38-/m0/s1. The van der Waals surface area contributed by atoms with E-state index >= 15 is 0 Å². The molecular formula is C39H48BF3N6O6. The number of nitrogens with one attached hydrogen (secondary N) is 4. The number of urea groups is 1. The van der Waals surface area contributed by atoms with Gasteiger partial charge < -0.3 is 35.3 Å². The molecule has 55 heavy (non-hydrogen) atoms. The summed E-state index contributed by atoms with van der Waals surface area (Å²) in [6.45, 7) is 12.5. The minimum atomic E-state index is -4.53. The van der Waals surface area contributed by atoms with E-state index in [1.54, 1.807) is 31.2 Å². The third kappa shape index (κ3) is 7.18. The molecule has 0 radical (unpaired) electrons. The maximum atomic E-state index is 14.4. The van der Waals surface area contributed by atoms with E-state index in [0.29, 0.717) is 41.9 Å². The Labute approximate surface area is 318 Å². The predicted octanol–water partition coefficient (Wildman–Crippen LogP) is 6.42. The zero-order valence-corrected chi connectivity index (χ0v) is 31.9. The number of hydrogen-bond acceptors (Lipinski definition) is 8. The van der Waals surface area contributed by atoms with Crippen LogP contribution in [0.3, 0.4) is 0 Å². The summed E-state index contributed by atoms with van der Waals surface area (Å²) in [7, 11) is -0.695. The molecule has 8 rings (SSSR count). The molecule has 12 nitrogen and oxygen atoms in total. The second kappa shape index (κ2) is 14.2. The summed E-state index contributed by atoms with van der Waals surface area (Å²) >= 11 is 0. The van der Waals surface area contributed by atoms with Gasteiger partial charge in [-0.05, 0) is 99.2 Å². The highest BCUT2D eigenvalue weighted by molar-refractivity contribution is 6.47. The van der Waals surface area contributed by atoms with Crippen LogP contribution in [0.25, 0.3) is 0 Å². The Hall–Kier alpha value is -4.57. The van der Waals surface area contributed by atoms with E-state index in [2.05, 4.69) is 47.0 Å². The normalized spacial score (nSPS) is 28.0. The molecule has 5 aliphatic rings. The van der Waals surface area contributed by atoms with Gasteiger partial charge in [0.2, 0.25) is 5.91 Å². The van der Waals surface area contributed by atoms with Gasteiger partial charge in [0.25, 0.3) is 5.56 Å². The number of rotatable bonds is 11. The number of carbonyl (C=O) groups is 2. The van der Waals surface area contributed by atoms with Crippen LogP contribution >= 0.6 is 0 Å². The Balaban J connectivity index is 1.13. The van der Waals surface area contributed by atoms with Crippen molar-refractivity contribution in [3.8, 4) is 5.75 Å². The minimum absolute atomic E-state index is 0.0179. The van der Waals surface area contributed by atoms with E-state index in [4.69, 9.17) is 14.0 Å². The number of aromatic nitrogens is 2. The van der Waals surface area contributed by atoms with E-state index in [1.165, 1.54) is 22.9 Å². The summed E-state index contributed by atoms with van der Waals surface area (Å²) in [5.74, 6) is 0.661. The van der Waals surface area contributed by atoms with Crippen LogP contribution in [0.5, 0.6) is 5.75 Å². The number of alkyl halides is 3. The fourth-order valence-corrected chi connectivity index (χ4v) is 9.00. The summed E-state index contributed by atoms with van der Waals surface area (Å²) in [5.41, 5.74) is -2.26. The lowest BCUT2D eigenvalue weighted by Gasteiger charge is -2.63. The van der Waals surface area contributed by atoms with E-state index in [-0.39, 0.29) is 36.0 Å². The third-order valence-corrected chi connectivity index (χ3v) is 12.2. The van der Waals surface area contributed by atoms with E-state index in [0.717, 1.165) is 25.0 Å². The first kappa shape index (κ1) is 38.7. The molecule has 3 saturated carbocycles. The number of halogens is 3. The van der Waals surface area contributed by atoms with Crippen LogP contribution in [0.1, 0.15) is 90.2 Å². The SMILES string of the molecule is CCOc1ccc(NC(=O)N[C@]2(C)C[C@@H](C(=O)N[C@@H](CC)B3O[C@@H]4C5CC(C[C@]4(C)O3)C5(C)C)n3c2ncc(NCc2cccc(C(F)(F)F)c2)c3=O)cc1. The van der Waals surface area contributed by atoms with Crippen LogP contribution < -0.4 is 31.6 Å². The zero-order valence-electron chi connectivity index (χ0n) is 31.9. The summed E-state index contributed by atoms with van der Waals surface area (Å²) in [6, 6.07) is 9.92. The molecule has 2 unspecified atom stereocenters. The van der Waals surface area contributed by atoms with Gasteiger partial charge in [0, 0.05) is 18.7 Å².